The molecule has 0 atom stereocenters. The van der Waals surface area contributed by atoms with Crippen molar-refractivity contribution >= 4 is 46.1 Å². The van der Waals surface area contributed by atoms with Crippen molar-refractivity contribution in [1.82, 2.24) is 9.47 Å². The van der Waals surface area contributed by atoms with E-state index < -0.39 is 11.1 Å². The Morgan fingerprint density at radius 2 is 2.07 bits per heavy atom. The third-order valence-corrected chi connectivity index (χ3v) is 6.32. The van der Waals surface area contributed by atoms with Crippen LogP contribution in [0, 0.1) is 13.8 Å². The lowest BCUT2D eigenvalue weighted by Crippen LogP contribution is -2.33. The van der Waals surface area contributed by atoms with Gasteiger partial charge in [-0.05, 0) is 55.6 Å². The molecule has 0 bridgehead atoms. The highest BCUT2D eigenvalue weighted by Crippen LogP contribution is 2.33. The molecular formula is C20H22N2O4S2. The number of ether oxygens (including phenoxy) is 1. The Morgan fingerprint density at radius 1 is 1.29 bits per heavy atom. The standard InChI is InChI=1S/C20H22N2O4S2/c1-13-10-16(14(2)21(13)7-5-8-26-3)17(23)12-22-19(24)18(28-20(22)25)11-15-6-4-9-27-15/h4,6,9-11H,5,7-8,12H2,1-3H3/b18-11-. The maximum Gasteiger partial charge on any atom is 0.293 e. The Balaban J connectivity index is 1.73. The zero-order valence-corrected chi connectivity index (χ0v) is 17.7. The van der Waals surface area contributed by atoms with Crippen LogP contribution in [0.2, 0.25) is 0 Å². The minimum absolute atomic E-state index is 0.231. The lowest BCUT2D eigenvalue weighted by atomic mass is 10.1. The molecule has 0 unspecified atom stereocenters. The predicted molar refractivity (Wildman–Crippen MR) is 112 cm³/mol. The molecule has 3 rings (SSSR count). The number of thiophene rings is 1. The van der Waals surface area contributed by atoms with Crippen molar-refractivity contribution < 1.29 is 19.1 Å². The van der Waals surface area contributed by atoms with Gasteiger partial charge in [0.05, 0.1) is 11.4 Å². The zero-order valence-electron chi connectivity index (χ0n) is 16.1. The molecule has 0 aliphatic carbocycles. The van der Waals surface area contributed by atoms with Crippen LogP contribution in [0.15, 0.2) is 28.5 Å². The summed E-state index contributed by atoms with van der Waals surface area (Å²) < 4.78 is 7.15. The van der Waals surface area contributed by atoms with Crippen molar-refractivity contribution in [2.75, 3.05) is 20.3 Å². The lowest BCUT2D eigenvalue weighted by Gasteiger charge is -2.12. The maximum absolute atomic E-state index is 12.8. The van der Waals surface area contributed by atoms with E-state index in [9.17, 15) is 14.4 Å². The molecule has 1 aliphatic rings. The number of ketones is 1. The van der Waals surface area contributed by atoms with Crippen molar-refractivity contribution in [2.24, 2.45) is 0 Å². The fourth-order valence-electron chi connectivity index (χ4n) is 3.16. The van der Waals surface area contributed by atoms with Gasteiger partial charge in [0.15, 0.2) is 5.78 Å². The van der Waals surface area contributed by atoms with Gasteiger partial charge in [0.25, 0.3) is 11.1 Å². The summed E-state index contributed by atoms with van der Waals surface area (Å²) in [6.07, 6.45) is 2.54. The molecule has 1 fully saturated rings. The number of nitrogens with zero attached hydrogens (tertiary/aromatic N) is 2. The fraction of sp³-hybridized carbons (Fsp3) is 0.350. The van der Waals surface area contributed by atoms with Gasteiger partial charge in [0, 0.05) is 42.1 Å². The minimum atomic E-state index is -0.411. The Hall–Kier alpha value is -2.16. The number of thioether (sulfide) groups is 1. The van der Waals surface area contributed by atoms with E-state index >= 15 is 0 Å². The summed E-state index contributed by atoms with van der Waals surface area (Å²) in [6, 6.07) is 5.58. The van der Waals surface area contributed by atoms with Crippen molar-refractivity contribution in [3.8, 4) is 0 Å². The minimum Gasteiger partial charge on any atom is -0.385 e. The molecule has 2 aromatic rings. The average Bonchev–Trinajstić information content (AvgIpc) is 3.33. The summed E-state index contributed by atoms with van der Waals surface area (Å²) in [5.74, 6) is -0.642. The van der Waals surface area contributed by atoms with Gasteiger partial charge in [-0.25, -0.2) is 0 Å². The molecule has 3 heterocycles. The van der Waals surface area contributed by atoms with Gasteiger partial charge in [0.1, 0.15) is 0 Å². The first-order valence-corrected chi connectivity index (χ1v) is 10.6. The number of rotatable bonds is 8. The second-order valence-corrected chi connectivity index (χ2v) is 8.46. The summed E-state index contributed by atoms with van der Waals surface area (Å²) in [5, 5.41) is 1.50. The molecule has 0 spiro atoms. The number of aromatic nitrogens is 1. The summed E-state index contributed by atoms with van der Waals surface area (Å²) in [6.45, 7) is 4.99. The van der Waals surface area contributed by atoms with Crippen molar-refractivity contribution in [3.63, 3.8) is 0 Å². The molecule has 2 aromatic heterocycles. The number of imide groups is 1. The van der Waals surface area contributed by atoms with Crippen LogP contribution in [0.3, 0.4) is 0 Å². The normalized spacial score (nSPS) is 15.8. The predicted octanol–water partition coefficient (Wildman–Crippen LogP) is 4.12. The first-order valence-electron chi connectivity index (χ1n) is 8.90. The molecule has 1 saturated heterocycles. The Kier molecular flexibility index (Phi) is 6.53. The molecule has 0 radical (unpaired) electrons. The Labute approximate surface area is 172 Å². The number of Topliss-reactive ketones (excluding diaryl/α,β-unsaturated/α-hetero) is 1. The van der Waals surface area contributed by atoms with Crippen LogP contribution >= 0.6 is 23.1 Å². The summed E-state index contributed by atoms with van der Waals surface area (Å²) in [7, 11) is 1.66. The molecule has 0 saturated carbocycles. The Bertz CT molecular complexity index is 928. The van der Waals surface area contributed by atoms with Crippen LogP contribution in [0.1, 0.15) is 33.0 Å². The van der Waals surface area contributed by atoms with E-state index in [1.165, 1.54) is 11.3 Å². The fourth-order valence-corrected chi connectivity index (χ4v) is 4.72. The van der Waals surface area contributed by atoms with E-state index in [-0.39, 0.29) is 12.3 Å². The Morgan fingerprint density at radius 3 is 2.75 bits per heavy atom. The number of methoxy groups -OCH3 is 1. The second-order valence-electron chi connectivity index (χ2n) is 6.49. The molecule has 0 aromatic carbocycles. The molecule has 8 heteroatoms. The van der Waals surface area contributed by atoms with E-state index in [4.69, 9.17) is 4.74 Å². The van der Waals surface area contributed by atoms with Gasteiger partial charge < -0.3 is 9.30 Å². The van der Waals surface area contributed by atoms with Gasteiger partial charge in [-0.2, -0.15) is 0 Å². The topological polar surface area (TPSA) is 68.6 Å². The van der Waals surface area contributed by atoms with Crippen LogP contribution in [0.5, 0.6) is 0 Å². The molecule has 1 aliphatic heterocycles. The first kappa shape index (κ1) is 20.6. The van der Waals surface area contributed by atoms with Crippen LogP contribution in [-0.2, 0) is 16.1 Å². The molecule has 28 heavy (non-hydrogen) atoms. The van der Waals surface area contributed by atoms with E-state index in [1.807, 2.05) is 37.4 Å². The van der Waals surface area contributed by atoms with Gasteiger partial charge in [-0.3, -0.25) is 19.3 Å². The summed E-state index contributed by atoms with van der Waals surface area (Å²) in [4.78, 5) is 40.0. The SMILES string of the molecule is COCCCn1c(C)cc(C(=O)CN2C(=O)S/C(=C\c3cccs3)C2=O)c1C. The monoisotopic (exact) mass is 418 g/mol. The summed E-state index contributed by atoms with van der Waals surface area (Å²) >= 11 is 2.37. The highest BCUT2D eigenvalue weighted by molar-refractivity contribution is 8.18. The second kappa shape index (κ2) is 8.89. The van der Waals surface area contributed by atoms with Crippen molar-refractivity contribution in [3.05, 3.63) is 50.3 Å². The maximum atomic E-state index is 12.8. The number of hydrogen-bond donors (Lipinski definition) is 0. The largest absolute Gasteiger partial charge is 0.385 e. The molecular weight excluding hydrogens is 396 g/mol. The number of amides is 2. The number of carbonyl (C=O) groups is 3. The van der Waals surface area contributed by atoms with Gasteiger partial charge in [0.2, 0.25) is 0 Å². The number of aryl methyl sites for hydroxylation is 1. The molecule has 0 N–H and O–H groups in total. The third kappa shape index (κ3) is 4.29. The highest BCUT2D eigenvalue weighted by atomic mass is 32.2. The average molecular weight is 419 g/mol. The quantitative estimate of drug-likeness (QED) is 0.366. The number of carbonyl (C=O) groups excluding carboxylic acids is 3. The van der Waals surface area contributed by atoms with Gasteiger partial charge in [-0.15, -0.1) is 11.3 Å². The van der Waals surface area contributed by atoms with E-state index in [0.717, 1.165) is 45.9 Å². The lowest BCUT2D eigenvalue weighted by molar-refractivity contribution is -0.122. The third-order valence-electron chi connectivity index (χ3n) is 4.60. The molecule has 6 nitrogen and oxygen atoms in total. The van der Waals surface area contributed by atoms with Gasteiger partial charge >= 0.3 is 0 Å². The molecule has 148 valence electrons. The van der Waals surface area contributed by atoms with E-state index in [0.29, 0.717) is 17.1 Å². The van der Waals surface area contributed by atoms with E-state index in [2.05, 4.69) is 4.57 Å². The van der Waals surface area contributed by atoms with Crippen molar-refractivity contribution in [1.29, 1.82) is 0 Å². The van der Waals surface area contributed by atoms with Gasteiger partial charge in [-0.1, -0.05) is 6.07 Å². The first-order chi connectivity index (χ1) is 13.4. The van der Waals surface area contributed by atoms with Crippen molar-refractivity contribution in [2.45, 2.75) is 26.8 Å². The van der Waals surface area contributed by atoms with Crippen LogP contribution in [-0.4, -0.2) is 46.7 Å². The van der Waals surface area contributed by atoms with Crippen LogP contribution < -0.4 is 0 Å². The number of hydrogen-bond acceptors (Lipinski definition) is 6. The summed E-state index contributed by atoms with van der Waals surface area (Å²) in [5.41, 5.74) is 2.37. The smallest absolute Gasteiger partial charge is 0.293 e. The molecule has 2 amide bonds. The zero-order chi connectivity index (χ0) is 20.3. The van der Waals surface area contributed by atoms with Crippen LogP contribution in [0.25, 0.3) is 6.08 Å². The van der Waals surface area contributed by atoms with Crippen LogP contribution in [0.4, 0.5) is 4.79 Å². The van der Waals surface area contributed by atoms with E-state index in [1.54, 1.807) is 13.2 Å². The highest BCUT2D eigenvalue weighted by Gasteiger charge is 2.36.